The lowest BCUT2D eigenvalue weighted by Crippen LogP contribution is -2.41. The molecule has 3 heteroatoms. The molecule has 0 radical (unpaired) electrons. The first-order valence-electron chi connectivity index (χ1n) is 3.73. The molecule has 0 aromatic carbocycles. The van der Waals surface area contributed by atoms with Gasteiger partial charge < -0.3 is 5.11 Å². The molecule has 11 heavy (non-hydrogen) atoms. The van der Waals surface area contributed by atoms with Gasteiger partial charge in [-0.25, -0.2) is 5.84 Å². The van der Waals surface area contributed by atoms with Crippen molar-refractivity contribution in [2.75, 3.05) is 0 Å². The molecule has 1 aliphatic heterocycles. The minimum Gasteiger partial charge on any atom is -0.369 e. The fourth-order valence-electron chi connectivity index (χ4n) is 1.08. The molecule has 0 saturated heterocycles. The number of nitrogens with two attached hydrogens (primary N) is 1. The van der Waals surface area contributed by atoms with E-state index >= 15 is 0 Å². The molecule has 62 valence electrons. The summed E-state index contributed by atoms with van der Waals surface area (Å²) in [5, 5.41) is 10.6. The normalized spacial score (nSPS) is 24.3. The maximum Gasteiger partial charge on any atom is 0.159 e. The Morgan fingerprint density at radius 1 is 1.64 bits per heavy atom. The quantitative estimate of drug-likeness (QED) is 0.543. The van der Waals surface area contributed by atoms with Crippen molar-refractivity contribution in [3.8, 4) is 0 Å². The number of hydrazine groups is 1. The van der Waals surface area contributed by atoms with E-state index < -0.39 is 6.23 Å². The molecule has 0 fully saturated rings. The largest absolute Gasteiger partial charge is 0.369 e. The average Bonchev–Trinajstić information content (AvgIpc) is 1.94. The van der Waals surface area contributed by atoms with Crippen LogP contribution < -0.4 is 5.84 Å². The smallest absolute Gasteiger partial charge is 0.159 e. The van der Waals surface area contributed by atoms with E-state index in [4.69, 9.17) is 5.84 Å². The Hall–Kier alpha value is -0.800. The van der Waals surface area contributed by atoms with Crippen molar-refractivity contribution < 1.29 is 5.11 Å². The molecule has 0 amide bonds. The van der Waals surface area contributed by atoms with E-state index in [9.17, 15) is 5.11 Å². The van der Waals surface area contributed by atoms with Gasteiger partial charge in [0.05, 0.1) is 0 Å². The lowest BCUT2D eigenvalue weighted by atomic mass is 10.1. The highest BCUT2D eigenvalue weighted by atomic mass is 16.3. The van der Waals surface area contributed by atoms with Gasteiger partial charge in [0, 0.05) is 5.70 Å². The van der Waals surface area contributed by atoms with Crippen LogP contribution in [0.2, 0.25) is 0 Å². The molecule has 0 aliphatic carbocycles. The van der Waals surface area contributed by atoms with Crippen molar-refractivity contribution in [2.24, 2.45) is 11.8 Å². The highest BCUT2D eigenvalue weighted by molar-refractivity contribution is 5.19. The number of hydrogen-bond acceptors (Lipinski definition) is 3. The number of nitrogens with zero attached hydrogens (tertiary/aromatic N) is 1. The summed E-state index contributed by atoms with van der Waals surface area (Å²) in [6, 6.07) is 0. The number of allylic oxidation sites excluding steroid dienone is 3. The lowest BCUT2D eigenvalue weighted by Gasteiger charge is -2.29. The SMILES string of the molecule is CC(C)C1=CC=CC(O)N1N. The predicted octanol–water partition coefficient (Wildman–Crippen LogP) is 0.590. The first kappa shape index (κ1) is 8.30. The summed E-state index contributed by atoms with van der Waals surface area (Å²) in [5.41, 5.74) is 0.958. The second kappa shape index (κ2) is 3.07. The molecule has 1 rings (SSSR count). The maximum absolute atomic E-state index is 9.27. The first-order chi connectivity index (χ1) is 5.13. The van der Waals surface area contributed by atoms with Crippen LogP contribution >= 0.6 is 0 Å². The lowest BCUT2D eigenvalue weighted by molar-refractivity contribution is 0.0591. The molecule has 1 unspecified atom stereocenters. The van der Waals surface area contributed by atoms with E-state index in [0.29, 0.717) is 5.92 Å². The van der Waals surface area contributed by atoms with Crippen molar-refractivity contribution in [3.63, 3.8) is 0 Å². The summed E-state index contributed by atoms with van der Waals surface area (Å²) in [6.07, 6.45) is 4.71. The van der Waals surface area contributed by atoms with Crippen LogP contribution in [0.4, 0.5) is 0 Å². The van der Waals surface area contributed by atoms with Gasteiger partial charge in [-0.05, 0) is 18.1 Å². The molecule has 1 aliphatic rings. The molecule has 0 bridgehead atoms. The van der Waals surface area contributed by atoms with E-state index in [1.54, 1.807) is 6.08 Å². The van der Waals surface area contributed by atoms with E-state index in [2.05, 4.69) is 0 Å². The van der Waals surface area contributed by atoms with E-state index in [-0.39, 0.29) is 0 Å². The average molecular weight is 154 g/mol. The Bertz CT molecular complexity index is 196. The zero-order valence-corrected chi connectivity index (χ0v) is 6.86. The molecular weight excluding hydrogens is 140 g/mol. The van der Waals surface area contributed by atoms with Crippen molar-refractivity contribution in [1.29, 1.82) is 0 Å². The maximum atomic E-state index is 9.27. The summed E-state index contributed by atoms with van der Waals surface area (Å²) in [7, 11) is 0. The minimum atomic E-state index is -0.669. The minimum absolute atomic E-state index is 0.347. The van der Waals surface area contributed by atoms with Gasteiger partial charge in [0.1, 0.15) is 0 Å². The Kier molecular flexibility index (Phi) is 2.31. The molecule has 3 nitrogen and oxygen atoms in total. The molecule has 0 saturated carbocycles. The zero-order valence-electron chi connectivity index (χ0n) is 6.86. The van der Waals surface area contributed by atoms with Crippen LogP contribution in [0.25, 0.3) is 0 Å². The number of aliphatic hydroxyl groups is 1. The molecule has 0 aromatic rings. The van der Waals surface area contributed by atoms with Crippen LogP contribution in [0.1, 0.15) is 13.8 Å². The van der Waals surface area contributed by atoms with Crippen molar-refractivity contribution in [3.05, 3.63) is 23.9 Å². The topological polar surface area (TPSA) is 49.5 Å². The molecule has 1 heterocycles. The molecule has 3 N–H and O–H groups in total. The highest BCUT2D eigenvalue weighted by Crippen LogP contribution is 2.17. The Morgan fingerprint density at radius 2 is 2.27 bits per heavy atom. The van der Waals surface area contributed by atoms with Crippen LogP contribution in [0.3, 0.4) is 0 Å². The highest BCUT2D eigenvalue weighted by Gasteiger charge is 2.16. The van der Waals surface area contributed by atoms with E-state index in [0.717, 1.165) is 5.70 Å². The van der Waals surface area contributed by atoms with Gasteiger partial charge in [0.15, 0.2) is 6.23 Å². The number of hydrogen-bond donors (Lipinski definition) is 2. The van der Waals surface area contributed by atoms with Crippen LogP contribution in [-0.4, -0.2) is 16.3 Å². The fourth-order valence-corrected chi connectivity index (χ4v) is 1.08. The Balaban J connectivity index is 2.78. The van der Waals surface area contributed by atoms with Crippen LogP contribution in [0.15, 0.2) is 23.9 Å². The van der Waals surface area contributed by atoms with Gasteiger partial charge >= 0.3 is 0 Å². The number of rotatable bonds is 1. The van der Waals surface area contributed by atoms with Crippen LogP contribution in [0.5, 0.6) is 0 Å². The monoisotopic (exact) mass is 154 g/mol. The third-order valence-corrected chi connectivity index (χ3v) is 1.72. The van der Waals surface area contributed by atoms with Gasteiger partial charge in [-0.3, -0.25) is 5.01 Å². The molecular formula is C8H14N2O. The summed E-state index contributed by atoms with van der Waals surface area (Å²) < 4.78 is 0. The summed E-state index contributed by atoms with van der Waals surface area (Å²) >= 11 is 0. The molecule has 0 spiro atoms. The standard InChI is InChI=1S/C8H14N2O/c1-6(2)7-4-3-5-8(11)10(7)9/h3-6,8,11H,9H2,1-2H3. The predicted molar refractivity (Wildman–Crippen MR) is 44.1 cm³/mol. The third-order valence-electron chi connectivity index (χ3n) is 1.72. The van der Waals surface area contributed by atoms with E-state index in [1.165, 1.54) is 5.01 Å². The van der Waals surface area contributed by atoms with Gasteiger partial charge in [0.2, 0.25) is 0 Å². The second-order valence-corrected chi connectivity index (χ2v) is 2.95. The van der Waals surface area contributed by atoms with Crippen molar-refractivity contribution in [2.45, 2.75) is 20.1 Å². The first-order valence-corrected chi connectivity index (χ1v) is 3.73. The van der Waals surface area contributed by atoms with Gasteiger partial charge in [0.25, 0.3) is 0 Å². The molecule has 1 atom stereocenters. The second-order valence-electron chi connectivity index (χ2n) is 2.95. The summed E-state index contributed by atoms with van der Waals surface area (Å²) in [6.45, 7) is 4.08. The van der Waals surface area contributed by atoms with Gasteiger partial charge in [-0.1, -0.05) is 19.9 Å². The van der Waals surface area contributed by atoms with Gasteiger partial charge in [-0.2, -0.15) is 0 Å². The van der Waals surface area contributed by atoms with Crippen LogP contribution in [-0.2, 0) is 0 Å². The fraction of sp³-hybridized carbons (Fsp3) is 0.500. The third kappa shape index (κ3) is 1.61. The Morgan fingerprint density at radius 3 is 2.73 bits per heavy atom. The Labute approximate surface area is 66.8 Å². The summed E-state index contributed by atoms with van der Waals surface area (Å²) in [5.74, 6) is 5.93. The van der Waals surface area contributed by atoms with Crippen molar-refractivity contribution >= 4 is 0 Å². The molecule has 0 aromatic heterocycles. The number of aliphatic hydroxyl groups excluding tert-OH is 1. The van der Waals surface area contributed by atoms with Crippen LogP contribution in [0, 0.1) is 5.92 Å². The van der Waals surface area contributed by atoms with Gasteiger partial charge in [-0.15, -0.1) is 0 Å². The van der Waals surface area contributed by atoms with E-state index in [1.807, 2.05) is 26.0 Å². The summed E-state index contributed by atoms with van der Waals surface area (Å²) in [4.78, 5) is 0. The zero-order chi connectivity index (χ0) is 8.43. The van der Waals surface area contributed by atoms with Crippen molar-refractivity contribution in [1.82, 2.24) is 5.01 Å².